The van der Waals surface area contributed by atoms with Crippen LogP contribution in [-0.4, -0.2) is 45.0 Å². The molecule has 0 fully saturated rings. The van der Waals surface area contributed by atoms with Crippen LogP contribution in [0.4, 0.5) is 8.78 Å². The van der Waals surface area contributed by atoms with E-state index >= 15 is 0 Å². The Morgan fingerprint density at radius 3 is 1.90 bits per heavy atom. The molecule has 39 heavy (non-hydrogen) atoms. The third-order valence-corrected chi connectivity index (χ3v) is 5.62. The van der Waals surface area contributed by atoms with Gasteiger partial charge in [0.25, 0.3) is 0 Å². The van der Waals surface area contributed by atoms with E-state index in [-0.39, 0.29) is 67.5 Å². The Morgan fingerprint density at radius 1 is 0.872 bits per heavy atom. The zero-order chi connectivity index (χ0) is 26.3. The molecule has 196 valence electrons. The molecule has 9 nitrogen and oxygen atoms in total. The molecule has 13 heteroatoms. The van der Waals surface area contributed by atoms with Crippen LogP contribution >= 0.6 is 0 Å². The van der Waals surface area contributed by atoms with E-state index in [1.807, 2.05) is 0 Å². The van der Waals surface area contributed by atoms with E-state index in [4.69, 9.17) is 18.7 Å². The number of hydrogen-bond acceptors (Lipinski definition) is 7. The maximum atomic E-state index is 13.3. The van der Waals surface area contributed by atoms with E-state index in [1.165, 1.54) is 48.5 Å². The molecular weight excluding hydrogens is 524 g/mol. The van der Waals surface area contributed by atoms with Crippen molar-refractivity contribution in [3.8, 4) is 0 Å². The van der Waals surface area contributed by atoms with Gasteiger partial charge in [-0.2, -0.15) is 0 Å². The van der Waals surface area contributed by atoms with Gasteiger partial charge in [0.05, 0.1) is 35.0 Å². The maximum absolute atomic E-state index is 13.3. The van der Waals surface area contributed by atoms with Gasteiger partial charge in [0.1, 0.15) is 28.5 Å². The van der Waals surface area contributed by atoms with Gasteiger partial charge in [-0.15, -0.1) is 0 Å². The Morgan fingerprint density at radius 2 is 1.38 bits per heavy atom. The topological polar surface area (TPSA) is 139 Å². The molecule has 0 atom stereocenters. The van der Waals surface area contributed by atoms with Crippen LogP contribution in [0.25, 0.3) is 43.7 Å². The zero-order valence-corrected chi connectivity index (χ0v) is 20.2. The third kappa shape index (κ3) is 5.71. The summed E-state index contributed by atoms with van der Waals surface area (Å²) in [5, 5.41) is 10.4. The van der Waals surface area contributed by atoms with E-state index in [1.54, 1.807) is 6.92 Å². The first-order valence-corrected chi connectivity index (χ1v) is 11.1. The number of carbonyl (C=O) groups is 1. The second kappa shape index (κ2) is 12.0. The Balaban J connectivity index is 0.000000263. The van der Waals surface area contributed by atoms with Gasteiger partial charge in [0.15, 0.2) is 17.4 Å². The molecule has 0 bridgehead atoms. The van der Waals surface area contributed by atoms with Crippen LogP contribution in [0.3, 0.4) is 0 Å². The molecule has 0 aliphatic rings. The van der Waals surface area contributed by atoms with Crippen LogP contribution in [0.5, 0.6) is 0 Å². The summed E-state index contributed by atoms with van der Waals surface area (Å²) in [5.41, 5.74) is 0.936. The van der Waals surface area contributed by atoms with E-state index in [0.29, 0.717) is 38.5 Å². The number of rotatable bonds is 3. The number of aromatic nitrogens is 2. The number of nitrogens with one attached hydrogen (secondary N) is 2. The average molecular weight is 546 g/mol. The Hall–Kier alpha value is -3.64. The van der Waals surface area contributed by atoms with Crippen LogP contribution in [0.2, 0.25) is 0 Å². The standard InChI is InChI=1S/C14H10FNO4.C12H8FNO3.Al.Li.4H/c1-2-19-14(18)10-6-9-12(16-10)8-5-7(15)3-4-11(8)20-13(9)17;13-6-1-2-10-8(3-6)11-9(12(16)17-10)4-7(5-15)14-11;;;;;;/h3-6,16H,2H2,1H3;1-4,14-15H,5H2;;;;;;/q;;;+1;;;;-1. The van der Waals surface area contributed by atoms with Crippen molar-refractivity contribution in [3.63, 3.8) is 0 Å². The van der Waals surface area contributed by atoms with Crippen molar-refractivity contribution < 1.29 is 52.5 Å². The first-order valence-electron chi connectivity index (χ1n) is 11.1. The van der Waals surface area contributed by atoms with Crippen molar-refractivity contribution in [1.29, 1.82) is 0 Å². The Kier molecular flexibility index (Phi) is 9.23. The van der Waals surface area contributed by atoms with Gasteiger partial charge >= 0.3 is 36.1 Å². The number of hydrogen-bond donors (Lipinski definition) is 3. The summed E-state index contributed by atoms with van der Waals surface area (Å²) in [5.74, 6) is -1.44. The Labute approximate surface area is 241 Å². The average Bonchev–Trinajstić information content (AvgIpc) is 3.52. The van der Waals surface area contributed by atoms with Crippen molar-refractivity contribution >= 4 is 67.1 Å². The second-order valence-electron chi connectivity index (χ2n) is 7.99. The third-order valence-electron chi connectivity index (χ3n) is 5.62. The van der Waals surface area contributed by atoms with Gasteiger partial charge in [0.2, 0.25) is 0 Å². The molecule has 0 saturated heterocycles. The normalized spacial score (nSPS) is 10.7. The van der Waals surface area contributed by atoms with Crippen molar-refractivity contribution in [1.82, 2.24) is 9.97 Å². The van der Waals surface area contributed by atoms with Crippen LogP contribution < -0.4 is 30.1 Å². The van der Waals surface area contributed by atoms with E-state index in [0.717, 1.165) is 0 Å². The monoisotopic (exact) mass is 546 g/mol. The molecule has 6 rings (SSSR count). The van der Waals surface area contributed by atoms with Gasteiger partial charge < -0.3 is 30.1 Å². The largest absolute Gasteiger partial charge is 1.00 e. The molecule has 3 N–H and O–H groups in total. The van der Waals surface area contributed by atoms with Gasteiger partial charge in [-0.1, -0.05) is 0 Å². The SMILES string of the molecule is CCOC(=O)c1cc2c(=O)oc3ccc(F)cc3c2[nH]1.O=c1oc2ccc(F)cc2c2[nH]c(CO)cc12.[AlH3].[H-].[Li+]. The number of halogens is 2. The fraction of sp³-hybridized carbons (Fsp3) is 0.115. The van der Waals surface area contributed by atoms with Crippen LogP contribution in [-0.2, 0) is 11.3 Å². The van der Waals surface area contributed by atoms with Gasteiger partial charge in [0, 0.05) is 16.5 Å². The summed E-state index contributed by atoms with van der Waals surface area (Å²) in [6, 6.07) is 10.6. The molecule has 0 aliphatic carbocycles. The first-order chi connectivity index (χ1) is 17.8. The molecule has 0 spiro atoms. The molecule has 6 aromatic rings. The van der Waals surface area contributed by atoms with E-state index in [9.17, 15) is 23.2 Å². The van der Waals surface area contributed by atoms with Crippen molar-refractivity contribution in [3.05, 3.63) is 92.4 Å². The Bertz CT molecular complexity index is 1950. The number of benzene rings is 2. The summed E-state index contributed by atoms with van der Waals surface area (Å²) < 4.78 is 41.5. The fourth-order valence-corrected chi connectivity index (χ4v) is 4.00. The molecule has 0 aliphatic heterocycles. The second-order valence-corrected chi connectivity index (χ2v) is 7.99. The zero-order valence-electron chi connectivity index (χ0n) is 21.2. The predicted molar refractivity (Wildman–Crippen MR) is 142 cm³/mol. The summed E-state index contributed by atoms with van der Waals surface area (Å²) in [7, 11) is 0. The van der Waals surface area contributed by atoms with Gasteiger partial charge in [-0.05, 0) is 55.5 Å². The summed E-state index contributed by atoms with van der Waals surface area (Å²) in [6.07, 6.45) is 0. The molecule has 0 amide bonds. The summed E-state index contributed by atoms with van der Waals surface area (Å²) in [4.78, 5) is 40.8. The molecule has 2 aromatic carbocycles. The smallest absolute Gasteiger partial charge is 1.00 e. The number of aliphatic hydroxyl groups excluding tert-OH is 1. The minimum atomic E-state index is -0.592. The number of carbonyl (C=O) groups excluding carboxylic acids is 1. The van der Waals surface area contributed by atoms with Crippen LogP contribution in [0, 0.1) is 11.6 Å². The molecule has 4 heterocycles. The molecule has 4 aromatic heterocycles. The fourth-order valence-electron chi connectivity index (χ4n) is 4.00. The molecule has 0 saturated carbocycles. The van der Waals surface area contributed by atoms with E-state index in [2.05, 4.69) is 9.97 Å². The van der Waals surface area contributed by atoms with Gasteiger partial charge in [-0.3, -0.25) is 0 Å². The minimum Gasteiger partial charge on any atom is -1.00 e. The van der Waals surface area contributed by atoms with Crippen molar-refractivity contribution in [2.24, 2.45) is 0 Å². The van der Waals surface area contributed by atoms with E-state index < -0.39 is 28.9 Å². The predicted octanol–water partition coefficient (Wildman–Crippen LogP) is 0.428. The molecule has 0 radical (unpaired) electrons. The first kappa shape index (κ1) is 29.9. The molecular formula is C26H22AlF2LiN2O7. The summed E-state index contributed by atoms with van der Waals surface area (Å²) in [6.45, 7) is 1.68. The number of ether oxygens (including phenoxy) is 1. The number of H-pyrrole nitrogens is 2. The van der Waals surface area contributed by atoms with Gasteiger partial charge in [-0.25, -0.2) is 23.2 Å². The number of aromatic amines is 2. The number of esters is 1. The van der Waals surface area contributed by atoms with Crippen molar-refractivity contribution in [2.75, 3.05) is 6.61 Å². The number of aliphatic hydroxyl groups is 1. The minimum absolute atomic E-state index is 0. The van der Waals surface area contributed by atoms with Crippen molar-refractivity contribution in [2.45, 2.75) is 13.5 Å². The quantitative estimate of drug-likeness (QED) is 0.166. The van der Waals surface area contributed by atoms with Crippen LogP contribution in [0.1, 0.15) is 24.5 Å². The summed E-state index contributed by atoms with van der Waals surface area (Å²) >= 11 is 0. The number of fused-ring (bicyclic) bond motifs is 6. The van der Waals surface area contributed by atoms with Crippen LogP contribution in [0.15, 0.2) is 67.0 Å². The maximum Gasteiger partial charge on any atom is 1.00 e. The molecule has 0 unspecified atom stereocenters.